The van der Waals surface area contributed by atoms with E-state index in [4.69, 9.17) is 0 Å². The summed E-state index contributed by atoms with van der Waals surface area (Å²) in [6.45, 7) is 6.35. The molecule has 0 bridgehead atoms. The first kappa shape index (κ1) is 29.6. The number of hydrogen-bond acceptors (Lipinski definition) is 5. The van der Waals surface area contributed by atoms with E-state index in [1.807, 2.05) is 0 Å². The number of hydrogen-bond donors (Lipinski definition) is 1. The van der Waals surface area contributed by atoms with Gasteiger partial charge in [-0.15, -0.1) is 0 Å². The van der Waals surface area contributed by atoms with Crippen molar-refractivity contribution in [1.82, 2.24) is 9.21 Å². The number of ketones is 1. The van der Waals surface area contributed by atoms with Gasteiger partial charge in [0, 0.05) is 44.6 Å². The van der Waals surface area contributed by atoms with Crippen molar-refractivity contribution in [3.8, 4) is 0 Å². The Morgan fingerprint density at radius 2 is 1.71 bits per heavy atom. The van der Waals surface area contributed by atoms with E-state index in [0.717, 1.165) is 63.5 Å². The summed E-state index contributed by atoms with van der Waals surface area (Å²) >= 11 is 0. The van der Waals surface area contributed by atoms with E-state index < -0.39 is 27.4 Å². The van der Waals surface area contributed by atoms with Gasteiger partial charge in [-0.2, -0.15) is 17.5 Å². The number of sulfonamides is 1. The summed E-state index contributed by atoms with van der Waals surface area (Å²) in [5.41, 5.74) is -1.75. The predicted octanol–water partition coefficient (Wildman–Crippen LogP) is 5.35. The number of rotatable bonds is 4. The summed E-state index contributed by atoms with van der Waals surface area (Å²) in [5.74, 6) is 2.63. The number of carbonyl (C=O) groups is 1. The number of benzene rings is 1. The second-order valence-corrected chi connectivity index (χ2v) is 16.1. The minimum absolute atomic E-state index is 0.128. The molecule has 0 radical (unpaired) electrons. The summed E-state index contributed by atoms with van der Waals surface area (Å²) < 4.78 is 66.9. The summed E-state index contributed by atoms with van der Waals surface area (Å²) in [7, 11) is -4.04. The molecule has 10 heteroatoms. The Labute approximate surface area is 241 Å². The molecule has 5 fully saturated rings. The van der Waals surface area contributed by atoms with Gasteiger partial charge in [0.15, 0.2) is 0 Å². The number of halogens is 3. The van der Waals surface area contributed by atoms with Crippen LogP contribution in [0, 0.1) is 34.5 Å². The van der Waals surface area contributed by atoms with Gasteiger partial charge in [-0.05, 0) is 98.7 Å². The van der Waals surface area contributed by atoms with Crippen LogP contribution in [0.4, 0.5) is 13.2 Å². The van der Waals surface area contributed by atoms with Crippen molar-refractivity contribution in [3.05, 3.63) is 29.8 Å². The number of aliphatic hydroxyl groups is 1. The second kappa shape index (κ2) is 10.0. The van der Waals surface area contributed by atoms with Gasteiger partial charge in [0.1, 0.15) is 5.78 Å². The first-order chi connectivity index (χ1) is 19.2. The molecule has 0 aromatic heterocycles. The van der Waals surface area contributed by atoms with Gasteiger partial charge in [0.2, 0.25) is 10.0 Å². The quantitative estimate of drug-likeness (QED) is 0.507. The first-order valence-corrected chi connectivity index (χ1v) is 16.8. The monoisotopic (exact) mass is 596 g/mol. The highest BCUT2D eigenvalue weighted by atomic mass is 32.2. The maximum absolute atomic E-state index is 13.1. The second-order valence-electron chi connectivity index (χ2n) is 14.2. The molecule has 7 atom stereocenters. The van der Waals surface area contributed by atoms with Crippen LogP contribution in [0.25, 0.3) is 0 Å². The van der Waals surface area contributed by atoms with Gasteiger partial charge < -0.3 is 5.11 Å². The van der Waals surface area contributed by atoms with Gasteiger partial charge in [-0.1, -0.05) is 19.9 Å². The van der Waals surface area contributed by atoms with Crippen molar-refractivity contribution in [2.75, 3.05) is 32.7 Å². The van der Waals surface area contributed by atoms with Gasteiger partial charge in [0.25, 0.3) is 0 Å². The lowest BCUT2D eigenvalue weighted by Gasteiger charge is -2.61. The number of fused-ring (bicyclic) bond motifs is 5. The largest absolute Gasteiger partial charge is 0.416 e. The van der Waals surface area contributed by atoms with Gasteiger partial charge in [-0.25, -0.2) is 8.42 Å². The fourth-order valence-corrected chi connectivity index (χ4v) is 11.2. The van der Waals surface area contributed by atoms with Crippen LogP contribution >= 0.6 is 0 Å². The molecular weight excluding hydrogens is 553 g/mol. The van der Waals surface area contributed by atoms with Gasteiger partial charge in [-0.3, -0.25) is 9.69 Å². The molecule has 1 heterocycles. The molecular formula is C31H43F3N2O4S. The average Bonchev–Trinajstić information content (AvgIpc) is 3.23. The van der Waals surface area contributed by atoms with Crippen LogP contribution in [0.2, 0.25) is 0 Å². The Hall–Kier alpha value is -1.49. The highest BCUT2D eigenvalue weighted by molar-refractivity contribution is 7.89. The van der Waals surface area contributed by atoms with Crippen LogP contribution in [-0.4, -0.2) is 66.8 Å². The predicted molar refractivity (Wildman–Crippen MR) is 148 cm³/mol. The molecule has 6 nitrogen and oxygen atoms in total. The lowest BCUT2D eigenvalue weighted by molar-refractivity contribution is -0.157. The summed E-state index contributed by atoms with van der Waals surface area (Å²) in [4.78, 5) is 14.5. The zero-order valence-electron chi connectivity index (χ0n) is 24.1. The maximum atomic E-state index is 13.1. The van der Waals surface area contributed by atoms with E-state index in [-0.39, 0.29) is 28.8 Å². The van der Waals surface area contributed by atoms with E-state index in [1.54, 1.807) is 0 Å². The van der Waals surface area contributed by atoms with Crippen molar-refractivity contribution in [3.63, 3.8) is 0 Å². The SMILES string of the molecule is C[C@]12CCC(O)(CN3CCN(S(=O)(=O)c4cccc(C(F)(F)F)c4)CC3)CC1CC[C@@H]1[C@H]2CC[C@]2(C)C(=O)CC[C@@H]12. The van der Waals surface area contributed by atoms with E-state index in [1.165, 1.54) is 10.4 Å². The van der Waals surface area contributed by atoms with Gasteiger partial charge >= 0.3 is 6.18 Å². The molecule has 6 rings (SSSR count). The molecule has 1 aliphatic heterocycles. The molecule has 1 saturated heterocycles. The molecule has 2 unspecified atom stereocenters. The molecule has 1 aromatic carbocycles. The Bertz CT molecular complexity index is 1300. The van der Waals surface area contributed by atoms with Crippen LogP contribution in [0.3, 0.4) is 0 Å². The Morgan fingerprint density at radius 1 is 0.976 bits per heavy atom. The molecule has 41 heavy (non-hydrogen) atoms. The van der Waals surface area contributed by atoms with Crippen LogP contribution in [0.5, 0.6) is 0 Å². The molecule has 228 valence electrons. The minimum atomic E-state index is -4.61. The maximum Gasteiger partial charge on any atom is 0.416 e. The van der Waals surface area contributed by atoms with Crippen molar-refractivity contribution < 1.29 is 31.5 Å². The summed E-state index contributed by atoms with van der Waals surface area (Å²) in [6.07, 6.45) is 3.93. The van der Waals surface area contributed by atoms with E-state index in [0.29, 0.717) is 61.6 Å². The Morgan fingerprint density at radius 3 is 2.41 bits per heavy atom. The molecule has 1 aromatic rings. The minimum Gasteiger partial charge on any atom is -0.389 e. The standard InChI is InChI=1S/C31H43F3N2O4S/c1-28-12-13-30(38,19-22(28)6-7-24-25-8-9-27(37)29(25,2)11-10-26(24)28)20-35-14-16-36(17-15-35)41(39,40)23-5-3-4-21(18-23)31(32,33)34/h3-5,18,22,24-26,38H,6-17,19-20H2,1-2H3/t22?,24-,25-,26+,28-,29-,30?/m0/s1. The van der Waals surface area contributed by atoms with Crippen LogP contribution in [0.15, 0.2) is 29.2 Å². The number of carbonyl (C=O) groups excluding carboxylic acids is 1. The topological polar surface area (TPSA) is 77.9 Å². The third-order valence-electron chi connectivity index (χ3n) is 12.2. The fraction of sp³-hybridized carbons (Fsp3) is 0.774. The average molecular weight is 597 g/mol. The molecule has 0 amide bonds. The van der Waals surface area contributed by atoms with Crippen LogP contribution < -0.4 is 0 Å². The molecule has 4 saturated carbocycles. The molecule has 4 aliphatic carbocycles. The molecule has 1 N–H and O–H groups in total. The third-order valence-corrected chi connectivity index (χ3v) is 14.1. The van der Waals surface area contributed by atoms with Crippen LogP contribution in [-0.2, 0) is 21.0 Å². The number of nitrogens with zero attached hydrogens (tertiary/aromatic N) is 2. The summed E-state index contributed by atoms with van der Waals surface area (Å²) in [5, 5.41) is 11.8. The van der Waals surface area contributed by atoms with Crippen molar-refractivity contribution in [1.29, 1.82) is 0 Å². The lowest BCUT2D eigenvalue weighted by atomic mass is 9.44. The van der Waals surface area contributed by atoms with Crippen molar-refractivity contribution in [2.45, 2.75) is 88.3 Å². The zero-order chi connectivity index (χ0) is 29.4. The number of β-amino-alcohol motifs (C(OH)–C–C–N with tert-alkyl or cyclic N) is 1. The molecule has 5 aliphatic rings. The van der Waals surface area contributed by atoms with E-state index in [9.17, 15) is 31.5 Å². The van der Waals surface area contributed by atoms with E-state index in [2.05, 4.69) is 18.7 Å². The smallest absolute Gasteiger partial charge is 0.389 e. The normalized spacial score (nSPS) is 40.6. The summed E-state index contributed by atoms with van der Waals surface area (Å²) in [6, 6.07) is 3.92. The highest BCUT2D eigenvalue weighted by Gasteiger charge is 2.61. The highest BCUT2D eigenvalue weighted by Crippen LogP contribution is 2.66. The number of alkyl halides is 3. The third kappa shape index (κ3) is 4.98. The number of piperazine rings is 1. The lowest BCUT2D eigenvalue weighted by Crippen LogP contribution is -2.59. The Balaban J connectivity index is 1.07. The van der Waals surface area contributed by atoms with E-state index >= 15 is 0 Å². The Kier molecular flexibility index (Phi) is 7.23. The number of Topliss-reactive ketones (excluding diaryl/α,β-unsaturated/α-hetero) is 1. The fourth-order valence-electron chi connectivity index (χ4n) is 9.76. The van der Waals surface area contributed by atoms with Crippen molar-refractivity contribution >= 4 is 15.8 Å². The van der Waals surface area contributed by atoms with Gasteiger partial charge in [0.05, 0.1) is 16.1 Å². The molecule has 0 spiro atoms. The van der Waals surface area contributed by atoms with Crippen molar-refractivity contribution in [2.24, 2.45) is 34.5 Å². The first-order valence-electron chi connectivity index (χ1n) is 15.3. The van der Waals surface area contributed by atoms with Crippen LogP contribution in [0.1, 0.15) is 77.2 Å². The zero-order valence-corrected chi connectivity index (χ0v) is 24.9.